The van der Waals surface area contributed by atoms with Crippen LogP contribution in [-0.2, 0) is 14.3 Å². The van der Waals surface area contributed by atoms with Gasteiger partial charge in [-0.3, -0.25) is 9.69 Å². The molecule has 2 unspecified atom stereocenters. The number of benzene rings is 1. The summed E-state index contributed by atoms with van der Waals surface area (Å²) in [5.74, 6) is 0.0705. The lowest BCUT2D eigenvalue weighted by Gasteiger charge is -2.44. The van der Waals surface area contributed by atoms with Gasteiger partial charge >= 0.3 is 12.0 Å². The van der Waals surface area contributed by atoms with Gasteiger partial charge in [-0.2, -0.15) is 0 Å². The number of aliphatic hydroxyl groups is 1. The maximum Gasteiger partial charge on any atom is 0.323 e. The molecule has 2 amide bonds. The van der Waals surface area contributed by atoms with Crippen molar-refractivity contribution in [1.29, 1.82) is 0 Å². The molecule has 3 rings (SSSR count). The van der Waals surface area contributed by atoms with Gasteiger partial charge in [-0.1, -0.05) is 46.5 Å². The molecule has 1 aromatic rings. The Kier molecular flexibility index (Phi) is 12.0. The Morgan fingerprint density at radius 1 is 0.976 bits per heavy atom. The first-order chi connectivity index (χ1) is 19.1. The standard InChI is InChI=1S/C33H51N3O5.ClH/c1-31(2,3)27-20-26(40-9)21-33(28(27)37,22-41-29(38)32(4,5)6)34-30(39)36(24-14-12-10-11-13-15-24)25-18-16-23(17-19-25)35(7)8;/h16-21,24,28,37H,10-15,22H2,1-9H3,(H,34,39);1H. The molecule has 2 aliphatic rings. The van der Waals surface area contributed by atoms with Crippen LogP contribution in [0, 0.1) is 10.8 Å². The fourth-order valence-corrected chi connectivity index (χ4v) is 5.47. The first-order valence-corrected chi connectivity index (χ1v) is 14.8. The molecule has 0 heterocycles. The summed E-state index contributed by atoms with van der Waals surface area (Å²) in [5.41, 5.74) is -0.120. The molecule has 9 heteroatoms. The van der Waals surface area contributed by atoms with Crippen LogP contribution in [0.15, 0.2) is 47.7 Å². The average Bonchev–Trinajstić information content (AvgIpc) is 3.17. The van der Waals surface area contributed by atoms with Crippen molar-refractivity contribution in [1.82, 2.24) is 5.32 Å². The molecule has 1 saturated carbocycles. The number of nitrogens with zero attached hydrogens (tertiary/aromatic N) is 2. The molecule has 8 nitrogen and oxygen atoms in total. The van der Waals surface area contributed by atoms with Crippen molar-refractivity contribution in [2.24, 2.45) is 10.8 Å². The van der Waals surface area contributed by atoms with Crippen molar-refractivity contribution in [2.75, 3.05) is 37.6 Å². The molecule has 0 bridgehead atoms. The van der Waals surface area contributed by atoms with Gasteiger partial charge in [0.25, 0.3) is 0 Å². The van der Waals surface area contributed by atoms with Crippen molar-refractivity contribution < 1.29 is 24.2 Å². The van der Waals surface area contributed by atoms with E-state index in [1.165, 1.54) is 0 Å². The minimum atomic E-state index is -1.44. The number of nitrogens with one attached hydrogen (secondary N) is 1. The second-order valence-corrected chi connectivity index (χ2v) is 13.7. The predicted octanol–water partition coefficient (Wildman–Crippen LogP) is 6.62. The van der Waals surface area contributed by atoms with Crippen molar-refractivity contribution in [3.05, 3.63) is 47.7 Å². The number of methoxy groups -OCH3 is 1. The van der Waals surface area contributed by atoms with Crippen LogP contribution in [0.2, 0.25) is 0 Å². The molecule has 2 aliphatic carbocycles. The predicted molar refractivity (Wildman–Crippen MR) is 172 cm³/mol. The molecule has 2 atom stereocenters. The van der Waals surface area contributed by atoms with Gasteiger partial charge in [0.05, 0.1) is 12.5 Å². The van der Waals surface area contributed by atoms with E-state index in [4.69, 9.17) is 9.47 Å². The Morgan fingerprint density at radius 2 is 1.52 bits per heavy atom. The van der Waals surface area contributed by atoms with E-state index in [0.717, 1.165) is 49.9 Å². The van der Waals surface area contributed by atoms with Gasteiger partial charge in [-0.05, 0) is 81.0 Å². The summed E-state index contributed by atoms with van der Waals surface area (Å²) < 4.78 is 11.5. The molecule has 236 valence electrons. The molecule has 42 heavy (non-hydrogen) atoms. The van der Waals surface area contributed by atoms with Gasteiger partial charge in [-0.15, -0.1) is 12.4 Å². The fraction of sp³-hybridized carbons (Fsp3) is 0.636. The van der Waals surface area contributed by atoms with Gasteiger partial charge in [0.1, 0.15) is 24.0 Å². The van der Waals surface area contributed by atoms with Gasteiger partial charge < -0.3 is 24.8 Å². The number of rotatable bonds is 7. The molecule has 0 radical (unpaired) electrons. The van der Waals surface area contributed by atoms with Gasteiger partial charge in [0, 0.05) is 31.5 Å². The normalized spacial score (nSPS) is 21.6. The smallest absolute Gasteiger partial charge is 0.323 e. The zero-order valence-electron chi connectivity index (χ0n) is 27.0. The van der Waals surface area contributed by atoms with E-state index in [9.17, 15) is 14.7 Å². The highest BCUT2D eigenvalue weighted by Crippen LogP contribution is 2.39. The number of carbonyl (C=O) groups is 2. The van der Waals surface area contributed by atoms with Gasteiger partial charge in [0.15, 0.2) is 0 Å². The lowest BCUT2D eigenvalue weighted by molar-refractivity contribution is -0.155. The number of hydrogen-bond acceptors (Lipinski definition) is 6. The molecule has 1 fully saturated rings. The van der Waals surface area contributed by atoms with Crippen LogP contribution < -0.4 is 15.1 Å². The summed E-state index contributed by atoms with van der Waals surface area (Å²) in [7, 11) is 5.52. The van der Waals surface area contributed by atoms with Crippen molar-refractivity contribution in [3.8, 4) is 0 Å². The fourth-order valence-electron chi connectivity index (χ4n) is 5.47. The molecular formula is C33H52ClN3O5. The minimum Gasteiger partial charge on any atom is -0.497 e. The summed E-state index contributed by atoms with van der Waals surface area (Å²) in [5, 5.41) is 15.1. The molecule has 0 aromatic heterocycles. The Labute approximate surface area is 258 Å². The van der Waals surface area contributed by atoms with Crippen LogP contribution in [-0.4, -0.2) is 62.6 Å². The van der Waals surface area contributed by atoms with E-state index in [1.54, 1.807) is 34.0 Å². The lowest BCUT2D eigenvalue weighted by atomic mass is 9.73. The minimum absolute atomic E-state index is 0. The van der Waals surface area contributed by atoms with Crippen molar-refractivity contribution >= 4 is 35.8 Å². The SMILES string of the molecule is COC1=CC(COC(=O)C(C)(C)C)(NC(=O)N(c2ccc(N(C)C)cc2)C2CCCCCC2)C(O)C(C(C)(C)C)=C1.Cl. The highest BCUT2D eigenvalue weighted by molar-refractivity contribution is 5.94. The topological polar surface area (TPSA) is 91.3 Å². The summed E-state index contributed by atoms with van der Waals surface area (Å²) in [4.78, 5) is 31.2. The van der Waals surface area contributed by atoms with E-state index < -0.39 is 28.4 Å². The molecular weight excluding hydrogens is 554 g/mol. The average molecular weight is 606 g/mol. The Balaban J connectivity index is 0.00000616. The molecule has 0 saturated heterocycles. The number of ether oxygens (including phenoxy) is 2. The Morgan fingerprint density at radius 3 is 2.00 bits per heavy atom. The summed E-state index contributed by atoms with van der Waals surface area (Å²) in [6.07, 6.45) is 8.52. The number of carbonyl (C=O) groups excluding carboxylic acids is 2. The van der Waals surface area contributed by atoms with E-state index in [0.29, 0.717) is 11.3 Å². The third-order valence-corrected chi connectivity index (χ3v) is 8.03. The molecule has 1 aromatic carbocycles. The Hall–Kier alpha value is -2.71. The van der Waals surface area contributed by atoms with E-state index in [1.807, 2.05) is 75.0 Å². The quantitative estimate of drug-likeness (QED) is 0.268. The maximum atomic E-state index is 14.4. The molecule has 2 N–H and O–H groups in total. The first-order valence-electron chi connectivity index (χ1n) is 14.8. The van der Waals surface area contributed by atoms with Gasteiger partial charge in [0.2, 0.25) is 0 Å². The maximum absolute atomic E-state index is 14.4. The largest absolute Gasteiger partial charge is 0.497 e. The number of amides is 2. The number of esters is 1. The lowest BCUT2D eigenvalue weighted by Crippen LogP contribution is -2.64. The van der Waals surface area contributed by atoms with Crippen LogP contribution >= 0.6 is 12.4 Å². The Bertz CT molecular complexity index is 1130. The van der Waals surface area contributed by atoms with Crippen molar-refractivity contribution in [2.45, 2.75) is 97.8 Å². The van der Waals surface area contributed by atoms with Crippen LogP contribution in [0.25, 0.3) is 0 Å². The van der Waals surface area contributed by atoms with Crippen LogP contribution in [0.1, 0.15) is 80.1 Å². The van der Waals surface area contributed by atoms with Gasteiger partial charge in [-0.25, -0.2) is 4.79 Å². The van der Waals surface area contributed by atoms with E-state index in [-0.39, 0.29) is 31.1 Å². The second-order valence-electron chi connectivity index (χ2n) is 13.7. The van der Waals surface area contributed by atoms with Crippen LogP contribution in [0.4, 0.5) is 16.2 Å². The summed E-state index contributed by atoms with van der Waals surface area (Å²) >= 11 is 0. The third kappa shape index (κ3) is 8.44. The third-order valence-electron chi connectivity index (χ3n) is 8.03. The van der Waals surface area contributed by atoms with Crippen molar-refractivity contribution in [3.63, 3.8) is 0 Å². The number of allylic oxidation sites excluding steroid dienone is 1. The number of halogens is 1. The first kappa shape index (κ1) is 35.5. The zero-order valence-corrected chi connectivity index (χ0v) is 27.8. The number of hydrogen-bond donors (Lipinski definition) is 2. The molecule has 0 aliphatic heterocycles. The highest BCUT2D eigenvalue weighted by atomic mass is 35.5. The van der Waals surface area contributed by atoms with E-state index in [2.05, 4.69) is 5.32 Å². The summed E-state index contributed by atoms with van der Waals surface area (Å²) in [6, 6.07) is 7.61. The number of anilines is 2. The monoisotopic (exact) mass is 605 g/mol. The second kappa shape index (κ2) is 14.2. The number of urea groups is 1. The number of aliphatic hydroxyl groups excluding tert-OH is 1. The summed E-state index contributed by atoms with van der Waals surface area (Å²) in [6.45, 7) is 11.1. The molecule has 0 spiro atoms. The van der Waals surface area contributed by atoms with Crippen LogP contribution in [0.3, 0.4) is 0 Å². The van der Waals surface area contributed by atoms with Crippen LogP contribution in [0.5, 0.6) is 0 Å². The highest BCUT2D eigenvalue weighted by Gasteiger charge is 2.48. The zero-order chi connectivity index (χ0) is 30.6. The van der Waals surface area contributed by atoms with E-state index >= 15 is 0 Å².